The highest BCUT2D eigenvalue weighted by atomic mass is 16.5. The van der Waals surface area contributed by atoms with Gasteiger partial charge in [0.05, 0.1) is 18.8 Å². The smallest absolute Gasteiger partial charge is 0.273 e. The Bertz CT molecular complexity index is 578. The van der Waals surface area contributed by atoms with E-state index in [0.29, 0.717) is 24.9 Å². The second-order valence-electron chi connectivity index (χ2n) is 7.01. The molecule has 0 saturated carbocycles. The number of likely N-dealkylation sites (tertiary alicyclic amines) is 1. The monoisotopic (exact) mass is 347 g/mol. The number of nitrogens with zero attached hydrogens (tertiary/aromatic N) is 4. The Labute approximate surface area is 149 Å². The number of nitrogens with one attached hydrogen (secondary N) is 1. The van der Waals surface area contributed by atoms with Crippen LogP contribution in [-0.4, -0.2) is 65.7 Å². The number of carbonyl (C=O) groups excluding carboxylic acids is 1. The van der Waals surface area contributed by atoms with E-state index in [4.69, 9.17) is 4.74 Å². The van der Waals surface area contributed by atoms with Gasteiger partial charge in [0.1, 0.15) is 0 Å². The zero-order valence-corrected chi connectivity index (χ0v) is 15.1. The predicted octanol–water partition coefficient (Wildman–Crippen LogP) is 1.65. The van der Waals surface area contributed by atoms with Crippen LogP contribution in [-0.2, 0) is 4.74 Å². The van der Waals surface area contributed by atoms with Gasteiger partial charge in [0, 0.05) is 33.3 Å². The lowest BCUT2D eigenvalue weighted by Crippen LogP contribution is -2.38. The Kier molecular flexibility index (Phi) is 6.58. The summed E-state index contributed by atoms with van der Waals surface area (Å²) in [4.78, 5) is 14.6. The second kappa shape index (κ2) is 9.10. The Balaban J connectivity index is 1.45. The average Bonchev–Trinajstić information content (AvgIpc) is 3.14. The van der Waals surface area contributed by atoms with Crippen molar-refractivity contribution in [2.45, 2.75) is 38.1 Å². The lowest BCUT2D eigenvalue weighted by molar-refractivity contribution is 0.0932. The van der Waals surface area contributed by atoms with E-state index in [1.807, 2.05) is 4.68 Å². The van der Waals surface area contributed by atoms with E-state index in [1.54, 1.807) is 13.3 Å². The first-order valence-corrected chi connectivity index (χ1v) is 9.32. The molecular formula is C18H29N5O2. The van der Waals surface area contributed by atoms with E-state index in [-0.39, 0.29) is 5.91 Å². The van der Waals surface area contributed by atoms with E-state index < -0.39 is 0 Å². The lowest BCUT2D eigenvalue weighted by Gasteiger charge is -2.34. The summed E-state index contributed by atoms with van der Waals surface area (Å²) >= 11 is 0. The van der Waals surface area contributed by atoms with Gasteiger partial charge in [0.2, 0.25) is 0 Å². The highest BCUT2D eigenvalue weighted by Crippen LogP contribution is 2.25. The summed E-state index contributed by atoms with van der Waals surface area (Å²) in [5.74, 6) is 0.626. The largest absolute Gasteiger partial charge is 0.383 e. The Hall–Kier alpha value is -1.73. The summed E-state index contributed by atoms with van der Waals surface area (Å²) in [6.45, 7) is 4.38. The van der Waals surface area contributed by atoms with Crippen LogP contribution >= 0.6 is 0 Å². The molecule has 3 rings (SSSR count). The fourth-order valence-electron chi connectivity index (χ4n) is 3.67. The third kappa shape index (κ3) is 5.12. The van der Waals surface area contributed by atoms with Crippen molar-refractivity contribution in [2.75, 3.05) is 39.9 Å². The molecule has 25 heavy (non-hydrogen) atoms. The number of aromatic nitrogens is 3. The Morgan fingerprint density at radius 3 is 2.88 bits per heavy atom. The van der Waals surface area contributed by atoms with Crippen LogP contribution in [0.1, 0.15) is 48.6 Å². The maximum Gasteiger partial charge on any atom is 0.273 e. The van der Waals surface area contributed by atoms with Gasteiger partial charge < -0.3 is 15.0 Å². The molecule has 1 aliphatic heterocycles. The van der Waals surface area contributed by atoms with Crippen molar-refractivity contribution in [2.24, 2.45) is 5.92 Å². The predicted molar refractivity (Wildman–Crippen MR) is 95.4 cm³/mol. The van der Waals surface area contributed by atoms with E-state index in [9.17, 15) is 4.79 Å². The molecule has 2 heterocycles. The third-order valence-electron chi connectivity index (χ3n) is 5.16. The minimum atomic E-state index is -0.189. The van der Waals surface area contributed by atoms with Gasteiger partial charge in [-0.05, 0) is 38.0 Å². The van der Waals surface area contributed by atoms with Crippen LogP contribution in [0.4, 0.5) is 0 Å². The van der Waals surface area contributed by atoms with Crippen LogP contribution in [0.25, 0.3) is 0 Å². The zero-order chi connectivity index (χ0) is 17.5. The van der Waals surface area contributed by atoms with Gasteiger partial charge in [-0.25, -0.2) is 4.68 Å². The molecule has 138 valence electrons. The van der Waals surface area contributed by atoms with Gasteiger partial charge in [-0.1, -0.05) is 17.4 Å². The average molecular weight is 347 g/mol. The number of hydrogen-bond acceptors (Lipinski definition) is 5. The SMILES string of the molecule is COCCNC(=O)c1cn(C2CCN(CC3CC=CCC3)CC2)nn1. The minimum absolute atomic E-state index is 0.189. The summed E-state index contributed by atoms with van der Waals surface area (Å²) in [6, 6.07) is 0.343. The second-order valence-corrected chi connectivity index (χ2v) is 7.01. The van der Waals surface area contributed by atoms with E-state index in [2.05, 4.69) is 32.7 Å². The molecule has 0 aromatic carbocycles. The molecule has 1 fully saturated rings. The summed E-state index contributed by atoms with van der Waals surface area (Å²) < 4.78 is 6.80. The Morgan fingerprint density at radius 2 is 2.16 bits per heavy atom. The third-order valence-corrected chi connectivity index (χ3v) is 5.16. The molecule has 2 aliphatic rings. The van der Waals surface area contributed by atoms with Crippen molar-refractivity contribution in [1.82, 2.24) is 25.2 Å². The van der Waals surface area contributed by atoms with Crippen LogP contribution < -0.4 is 5.32 Å². The summed E-state index contributed by atoms with van der Waals surface area (Å²) in [5, 5.41) is 11.0. The number of piperidine rings is 1. The molecule has 0 bridgehead atoms. The Morgan fingerprint density at radius 1 is 1.32 bits per heavy atom. The van der Waals surface area contributed by atoms with Crippen LogP contribution in [0.3, 0.4) is 0 Å². The molecule has 1 aromatic heterocycles. The normalized spacial score (nSPS) is 22.2. The minimum Gasteiger partial charge on any atom is -0.383 e. The maximum atomic E-state index is 12.0. The molecule has 1 amide bonds. The van der Waals surface area contributed by atoms with Gasteiger partial charge in [0.15, 0.2) is 5.69 Å². The van der Waals surface area contributed by atoms with E-state index in [0.717, 1.165) is 31.8 Å². The van der Waals surface area contributed by atoms with Gasteiger partial charge >= 0.3 is 0 Å². The molecular weight excluding hydrogens is 318 g/mol. The fraction of sp³-hybridized carbons (Fsp3) is 0.722. The lowest BCUT2D eigenvalue weighted by atomic mass is 9.93. The van der Waals surface area contributed by atoms with Crippen molar-refractivity contribution in [3.63, 3.8) is 0 Å². The van der Waals surface area contributed by atoms with E-state index >= 15 is 0 Å². The van der Waals surface area contributed by atoms with Gasteiger partial charge in [0.25, 0.3) is 5.91 Å². The molecule has 1 unspecified atom stereocenters. The molecule has 1 saturated heterocycles. The number of allylic oxidation sites excluding steroid dienone is 2. The summed E-state index contributed by atoms with van der Waals surface area (Å²) in [6.07, 6.45) is 12.3. The van der Waals surface area contributed by atoms with Gasteiger partial charge in [-0.2, -0.15) is 0 Å². The van der Waals surface area contributed by atoms with Crippen molar-refractivity contribution < 1.29 is 9.53 Å². The van der Waals surface area contributed by atoms with Gasteiger partial charge in [-0.15, -0.1) is 5.10 Å². The quantitative estimate of drug-likeness (QED) is 0.600. The molecule has 0 spiro atoms. The topological polar surface area (TPSA) is 72.3 Å². The highest BCUT2D eigenvalue weighted by Gasteiger charge is 2.24. The van der Waals surface area contributed by atoms with Crippen molar-refractivity contribution >= 4 is 5.91 Å². The zero-order valence-electron chi connectivity index (χ0n) is 15.1. The molecule has 1 N–H and O–H groups in total. The number of hydrogen-bond donors (Lipinski definition) is 1. The first-order chi connectivity index (χ1) is 12.3. The first kappa shape index (κ1) is 18.1. The number of amides is 1. The van der Waals surface area contributed by atoms with Crippen molar-refractivity contribution in [3.05, 3.63) is 24.0 Å². The number of rotatable bonds is 7. The molecule has 0 radical (unpaired) electrons. The number of ether oxygens (including phenoxy) is 1. The van der Waals surface area contributed by atoms with Crippen LogP contribution in [0.5, 0.6) is 0 Å². The van der Waals surface area contributed by atoms with Crippen LogP contribution in [0.15, 0.2) is 18.3 Å². The first-order valence-electron chi connectivity index (χ1n) is 9.32. The van der Waals surface area contributed by atoms with Crippen LogP contribution in [0.2, 0.25) is 0 Å². The maximum absolute atomic E-state index is 12.0. The molecule has 1 aromatic rings. The van der Waals surface area contributed by atoms with E-state index in [1.165, 1.54) is 25.8 Å². The standard InChI is InChI=1S/C18H29N5O2/c1-25-12-9-19-18(24)17-14-23(21-20-17)16-7-10-22(11-8-16)13-15-5-3-2-4-6-15/h2-3,14-16H,4-13H2,1H3,(H,19,24). The summed E-state index contributed by atoms with van der Waals surface area (Å²) in [7, 11) is 1.61. The molecule has 7 nitrogen and oxygen atoms in total. The number of carbonyl (C=O) groups is 1. The molecule has 1 atom stereocenters. The number of methoxy groups -OCH3 is 1. The molecule has 7 heteroatoms. The van der Waals surface area contributed by atoms with Crippen molar-refractivity contribution in [3.8, 4) is 0 Å². The molecule has 1 aliphatic carbocycles. The van der Waals surface area contributed by atoms with Crippen molar-refractivity contribution in [1.29, 1.82) is 0 Å². The highest BCUT2D eigenvalue weighted by molar-refractivity contribution is 5.91. The fourth-order valence-corrected chi connectivity index (χ4v) is 3.67. The van der Waals surface area contributed by atoms with Gasteiger partial charge in [-0.3, -0.25) is 4.79 Å². The summed E-state index contributed by atoms with van der Waals surface area (Å²) in [5.41, 5.74) is 0.382. The van der Waals surface area contributed by atoms with Crippen LogP contribution in [0, 0.1) is 5.92 Å².